The number of pyridine rings is 2. The van der Waals surface area contributed by atoms with E-state index in [1.54, 1.807) is 6.20 Å². The number of anilines is 3. The molecule has 0 spiro atoms. The zero-order valence-electron chi connectivity index (χ0n) is 18.5. The molecule has 1 unspecified atom stereocenters. The fourth-order valence-corrected chi connectivity index (χ4v) is 5.18. The van der Waals surface area contributed by atoms with Gasteiger partial charge >= 0.3 is 0 Å². The largest absolute Gasteiger partial charge is 0.383 e. The predicted octanol–water partition coefficient (Wildman–Crippen LogP) is 4.10. The van der Waals surface area contributed by atoms with Crippen LogP contribution in [0.3, 0.4) is 0 Å². The van der Waals surface area contributed by atoms with Gasteiger partial charge in [-0.15, -0.1) is 10.2 Å². The molecule has 1 aromatic carbocycles. The van der Waals surface area contributed by atoms with Crippen molar-refractivity contribution in [1.82, 2.24) is 24.7 Å². The van der Waals surface area contributed by atoms with E-state index in [9.17, 15) is 8.78 Å². The highest BCUT2D eigenvalue weighted by Gasteiger charge is 2.29. The summed E-state index contributed by atoms with van der Waals surface area (Å²) in [5, 5.41) is 9.68. The fourth-order valence-electron chi connectivity index (χ4n) is 5.18. The molecule has 2 aliphatic heterocycles. The number of rotatable bonds is 4. The molecular formula is C24H24F2N8. The van der Waals surface area contributed by atoms with Crippen LogP contribution in [0.4, 0.5) is 26.1 Å². The fraction of sp³-hybridized carbons (Fsp3) is 0.333. The first-order valence-corrected chi connectivity index (χ1v) is 11.4. The molecule has 5 heterocycles. The standard InChI is InChI=1S/C24H24F2N8/c25-22(26)24-31-30-21-14-32(11-12-34(21)24)20-7-6-15(13-29-20)18-5-2-10-33(18)19-4-1-3-17-16(19)8-9-28-23(17)27/h1,3-4,6-9,13,18,22H,2,5,10-12,14H2,(H2,27,28). The summed E-state index contributed by atoms with van der Waals surface area (Å²) in [7, 11) is 0. The third-order valence-electron chi connectivity index (χ3n) is 6.83. The molecule has 2 N–H and O–H groups in total. The smallest absolute Gasteiger partial charge is 0.297 e. The van der Waals surface area contributed by atoms with Crippen LogP contribution in [-0.4, -0.2) is 37.8 Å². The molecule has 0 amide bonds. The van der Waals surface area contributed by atoms with Crippen LogP contribution in [0.5, 0.6) is 0 Å². The Labute approximate surface area is 195 Å². The van der Waals surface area contributed by atoms with E-state index in [1.165, 1.54) is 4.57 Å². The van der Waals surface area contributed by atoms with Crippen molar-refractivity contribution in [3.63, 3.8) is 0 Å². The molecule has 6 rings (SSSR count). The van der Waals surface area contributed by atoms with Gasteiger partial charge in [0.05, 0.1) is 12.6 Å². The number of alkyl halides is 2. The predicted molar refractivity (Wildman–Crippen MR) is 126 cm³/mol. The number of benzene rings is 1. The molecule has 1 fully saturated rings. The van der Waals surface area contributed by atoms with Crippen LogP contribution in [0, 0.1) is 0 Å². The minimum atomic E-state index is -2.62. The number of aromatic nitrogens is 5. The Bertz CT molecular complexity index is 1340. The van der Waals surface area contributed by atoms with E-state index in [2.05, 4.69) is 37.1 Å². The van der Waals surface area contributed by atoms with E-state index in [-0.39, 0.29) is 11.9 Å². The van der Waals surface area contributed by atoms with Gasteiger partial charge in [-0.25, -0.2) is 18.7 Å². The molecule has 0 aliphatic carbocycles. The third-order valence-corrected chi connectivity index (χ3v) is 6.83. The van der Waals surface area contributed by atoms with Crippen molar-refractivity contribution in [2.45, 2.75) is 38.4 Å². The summed E-state index contributed by atoms with van der Waals surface area (Å²) in [6.45, 7) is 2.37. The average molecular weight is 463 g/mol. The molecule has 0 radical (unpaired) electrons. The number of halogens is 2. The first-order valence-electron chi connectivity index (χ1n) is 11.4. The summed E-state index contributed by atoms with van der Waals surface area (Å²) in [5.74, 6) is 1.63. The number of nitrogens with two attached hydrogens (primary N) is 1. The van der Waals surface area contributed by atoms with Crippen LogP contribution < -0.4 is 15.5 Å². The molecule has 4 aromatic rings. The quantitative estimate of drug-likeness (QED) is 0.488. The summed E-state index contributed by atoms with van der Waals surface area (Å²) in [6, 6.07) is 12.5. The zero-order chi connectivity index (χ0) is 23.2. The molecule has 0 bridgehead atoms. The molecule has 0 saturated carbocycles. The lowest BCUT2D eigenvalue weighted by molar-refractivity contribution is 0.134. The van der Waals surface area contributed by atoms with Gasteiger partial charge in [0.2, 0.25) is 0 Å². The maximum Gasteiger partial charge on any atom is 0.297 e. The summed E-state index contributed by atoms with van der Waals surface area (Å²) in [6.07, 6.45) is 3.21. The van der Waals surface area contributed by atoms with Gasteiger partial charge in [0.1, 0.15) is 11.6 Å². The zero-order valence-corrected chi connectivity index (χ0v) is 18.5. The van der Waals surface area contributed by atoms with Crippen LogP contribution in [0.25, 0.3) is 10.8 Å². The van der Waals surface area contributed by atoms with Crippen molar-refractivity contribution in [2.75, 3.05) is 28.6 Å². The molecule has 8 nitrogen and oxygen atoms in total. The highest BCUT2D eigenvalue weighted by Crippen LogP contribution is 2.40. The Morgan fingerprint density at radius 3 is 2.71 bits per heavy atom. The van der Waals surface area contributed by atoms with Gasteiger partial charge in [-0.1, -0.05) is 18.2 Å². The minimum absolute atomic E-state index is 0.222. The maximum absolute atomic E-state index is 13.1. The highest BCUT2D eigenvalue weighted by molar-refractivity contribution is 5.99. The lowest BCUT2D eigenvalue weighted by Gasteiger charge is -2.30. The summed E-state index contributed by atoms with van der Waals surface area (Å²) < 4.78 is 27.7. The molecule has 2 aliphatic rings. The number of nitrogen functional groups attached to an aromatic ring is 1. The van der Waals surface area contributed by atoms with E-state index in [4.69, 9.17) is 10.7 Å². The third kappa shape index (κ3) is 3.41. The second-order valence-corrected chi connectivity index (χ2v) is 8.72. The molecular weight excluding hydrogens is 438 g/mol. The topological polar surface area (TPSA) is 89.0 Å². The van der Waals surface area contributed by atoms with Crippen LogP contribution in [0.15, 0.2) is 48.8 Å². The van der Waals surface area contributed by atoms with E-state index >= 15 is 0 Å². The van der Waals surface area contributed by atoms with Crippen LogP contribution in [-0.2, 0) is 13.1 Å². The Balaban J connectivity index is 1.25. The van der Waals surface area contributed by atoms with Crippen molar-refractivity contribution < 1.29 is 8.78 Å². The van der Waals surface area contributed by atoms with Crippen molar-refractivity contribution >= 4 is 28.1 Å². The number of nitrogens with zero attached hydrogens (tertiary/aromatic N) is 7. The lowest BCUT2D eigenvalue weighted by Crippen LogP contribution is -2.35. The summed E-state index contributed by atoms with van der Waals surface area (Å²) >= 11 is 0. The van der Waals surface area contributed by atoms with Crippen molar-refractivity contribution in [3.05, 3.63) is 66.0 Å². The van der Waals surface area contributed by atoms with E-state index in [1.807, 2.05) is 30.5 Å². The first-order chi connectivity index (χ1) is 16.6. The molecule has 1 atom stereocenters. The highest BCUT2D eigenvalue weighted by atomic mass is 19.3. The minimum Gasteiger partial charge on any atom is -0.383 e. The van der Waals surface area contributed by atoms with Crippen molar-refractivity contribution in [3.8, 4) is 0 Å². The first kappa shape index (κ1) is 20.8. The van der Waals surface area contributed by atoms with Gasteiger partial charge in [0.15, 0.2) is 11.6 Å². The summed E-state index contributed by atoms with van der Waals surface area (Å²) in [4.78, 5) is 13.4. The van der Waals surface area contributed by atoms with Crippen molar-refractivity contribution in [2.24, 2.45) is 0 Å². The Morgan fingerprint density at radius 2 is 1.88 bits per heavy atom. The molecule has 34 heavy (non-hydrogen) atoms. The molecule has 3 aromatic heterocycles. The SMILES string of the molecule is Nc1nccc2c(N3CCCC3c3ccc(N4CCn5c(nnc5C(F)F)C4)nc3)cccc12. The second-order valence-electron chi connectivity index (χ2n) is 8.72. The Kier molecular flexibility index (Phi) is 5.00. The normalized spacial score (nSPS) is 18.1. The molecule has 174 valence electrons. The molecule has 1 saturated heterocycles. The molecule has 10 heteroatoms. The number of fused-ring (bicyclic) bond motifs is 2. The van der Waals surface area contributed by atoms with Gasteiger partial charge in [-0.2, -0.15) is 0 Å². The van der Waals surface area contributed by atoms with Crippen LogP contribution >= 0.6 is 0 Å². The monoisotopic (exact) mass is 462 g/mol. The van der Waals surface area contributed by atoms with Gasteiger partial charge in [-0.05, 0) is 36.6 Å². The lowest BCUT2D eigenvalue weighted by atomic mass is 10.0. The Morgan fingerprint density at radius 1 is 0.971 bits per heavy atom. The average Bonchev–Trinajstić information content (AvgIpc) is 3.51. The maximum atomic E-state index is 13.1. The van der Waals surface area contributed by atoms with Gasteiger partial charge in [-0.3, -0.25) is 0 Å². The van der Waals surface area contributed by atoms with E-state index in [0.29, 0.717) is 31.3 Å². The number of hydrogen-bond donors (Lipinski definition) is 1. The van der Waals surface area contributed by atoms with Gasteiger partial charge in [0, 0.05) is 48.5 Å². The van der Waals surface area contributed by atoms with Crippen LogP contribution in [0.2, 0.25) is 0 Å². The second kappa shape index (κ2) is 8.19. The van der Waals surface area contributed by atoms with Gasteiger partial charge in [0.25, 0.3) is 6.43 Å². The van der Waals surface area contributed by atoms with Crippen molar-refractivity contribution in [1.29, 1.82) is 0 Å². The van der Waals surface area contributed by atoms with Crippen LogP contribution in [0.1, 0.15) is 42.5 Å². The van der Waals surface area contributed by atoms with E-state index in [0.717, 1.165) is 47.2 Å². The number of hydrogen-bond acceptors (Lipinski definition) is 7. The Hall–Kier alpha value is -3.82. The van der Waals surface area contributed by atoms with Gasteiger partial charge < -0.3 is 20.1 Å². The van der Waals surface area contributed by atoms with E-state index < -0.39 is 6.43 Å². The summed E-state index contributed by atoms with van der Waals surface area (Å²) in [5.41, 5.74) is 8.42.